The van der Waals surface area contributed by atoms with Gasteiger partial charge in [0.25, 0.3) is 5.91 Å². The average molecular weight is 389 g/mol. The van der Waals surface area contributed by atoms with E-state index >= 15 is 0 Å². The molecule has 1 aromatic heterocycles. The zero-order valence-corrected chi connectivity index (χ0v) is 15.6. The second kappa shape index (κ2) is 9.91. The number of rotatable bonds is 7. The number of carbonyl (C=O) groups excluding carboxylic acids is 2. The summed E-state index contributed by atoms with van der Waals surface area (Å²) < 4.78 is 4.94. The standard InChI is InChI=1S/C16H22Cl2N4O3/c1-25-10-2-5-19-14(23)11-21-6-8-22(9-7-21)16(24)15-12(17)3-4-13(18)20-15/h3-4H,2,5-11H2,1H3,(H,19,23). The molecule has 25 heavy (non-hydrogen) atoms. The highest BCUT2D eigenvalue weighted by atomic mass is 35.5. The summed E-state index contributed by atoms with van der Waals surface area (Å²) in [4.78, 5) is 32.1. The maximum Gasteiger partial charge on any atom is 0.274 e. The zero-order chi connectivity index (χ0) is 18.2. The highest BCUT2D eigenvalue weighted by molar-refractivity contribution is 6.34. The van der Waals surface area contributed by atoms with Crippen molar-refractivity contribution < 1.29 is 14.3 Å². The van der Waals surface area contributed by atoms with Crippen molar-refractivity contribution in [2.75, 3.05) is 53.0 Å². The number of aromatic nitrogens is 1. The molecule has 0 atom stereocenters. The van der Waals surface area contributed by atoms with Gasteiger partial charge in [0.05, 0.1) is 11.6 Å². The Bertz CT molecular complexity index is 607. The van der Waals surface area contributed by atoms with Crippen LogP contribution in [0.15, 0.2) is 12.1 Å². The number of piperazine rings is 1. The normalized spacial score (nSPS) is 15.2. The first kappa shape index (κ1) is 19.9. The van der Waals surface area contributed by atoms with Crippen LogP contribution in [-0.4, -0.2) is 79.6 Å². The molecule has 2 heterocycles. The van der Waals surface area contributed by atoms with Gasteiger partial charge in [0.1, 0.15) is 10.8 Å². The molecule has 0 aliphatic carbocycles. The van der Waals surface area contributed by atoms with Crippen molar-refractivity contribution in [3.05, 3.63) is 28.0 Å². The van der Waals surface area contributed by atoms with E-state index in [1.165, 1.54) is 0 Å². The van der Waals surface area contributed by atoms with Crippen molar-refractivity contribution in [1.82, 2.24) is 20.1 Å². The summed E-state index contributed by atoms with van der Waals surface area (Å²) in [5, 5.41) is 3.37. The van der Waals surface area contributed by atoms with Gasteiger partial charge in [0.2, 0.25) is 5.91 Å². The van der Waals surface area contributed by atoms with Crippen molar-refractivity contribution in [3.63, 3.8) is 0 Å². The number of nitrogens with one attached hydrogen (secondary N) is 1. The molecule has 1 aliphatic heterocycles. The second-order valence-electron chi connectivity index (χ2n) is 5.73. The van der Waals surface area contributed by atoms with Crippen LogP contribution >= 0.6 is 23.2 Å². The van der Waals surface area contributed by atoms with Crippen molar-refractivity contribution in [3.8, 4) is 0 Å². The average Bonchev–Trinajstić information content (AvgIpc) is 2.61. The molecule has 0 spiro atoms. The number of hydrogen-bond acceptors (Lipinski definition) is 5. The highest BCUT2D eigenvalue weighted by Gasteiger charge is 2.25. The van der Waals surface area contributed by atoms with Gasteiger partial charge in [-0.15, -0.1) is 0 Å². The van der Waals surface area contributed by atoms with Crippen molar-refractivity contribution in [2.45, 2.75) is 6.42 Å². The van der Waals surface area contributed by atoms with Crippen molar-refractivity contribution in [1.29, 1.82) is 0 Å². The van der Waals surface area contributed by atoms with E-state index in [4.69, 9.17) is 27.9 Å². The molecule has 1 fully saturated rings. The van der Waals surface area contributed by atoms with Crippen molar-refractivity contribution >= 4 is 35.0 Å². The maximum atomic E-state index is 12.5. The molecule has 7 nitrogen and oxygen atoms in total. The Morgan fingerprint density at radius 1 is 1.24 bits per heavy atom. The predicted octanol–water partition coefficient (Wildman–Crippen LogP) is 1.30. The molecule has 1 saturated heterocycles. The Kier molecular flexibility index (Phi) is 7.90. The van der Waals surface area contributed by atoms with E-state index in [0.29, 0.717) is 45.9 Å². The summed E-state index contributed by atoms with van der Waals surface area (Å²) in [6.07, 6.45) is 0.790. The minimum Gasteiger partial charge on any atom is -0.385 e. The van der Waals surface area contributed by atoms with E-state index in [2.05, 4.69) is 10.3 Å². The third kappa shape index (κ3) is 6.11. The van der Waals surface area contributed by atoms with E-state index < -0.39 is 0 Å². The molecule has 2 rings (SSSR count). The van der Waals surface area contributed by atoms with E-state index in [1.807, 2.05) is 4.90 Å². The first-order valence-electron chi connectivity index (χ1n) is 8.10. The molecule has 138 valence electrons. The Balaban J connectivity index is 1.78. The fourth-order valence-corrected chi connectivity index (χ4v) is 2.86. The predicted molar refractivity (Wildman–Crippen MR) is 96.1 cm³/mol. The van der Waals surface area contributed by atoms with Crippen LogP contribution in [0.2, 0.25) is 10.2 Å². The van der Waals surface area contributed by atoms with Crippen LogP contribution in [0.3, 0.4) is 0 Å². The number of nitrogens with zero attached hydrogens (tertiary/aromatic N) is 3. The quantitative estimate of drug-likeness (QED) is 0.562. The van der Waals surface area contributed by atoms with Crippen molar-refractivity contribution in [2.24, 2.45) is 0 Å². The first-order chi connectivity index (χ1) is 12.0. The summed E-state index contributed by atoms with van der Waals surface area (Å²) >= 11 is 11.9. The van der Waals surface area contributed by atoms with Crippen LogP contribution in [0.5, 0.6) is 0 Å². The third-order valence-electron chi connectivity index (χ3n) is 3.89. The Hall–Kier alpha value is -1.41. The fourth-order valence-electron chi connectivity index (χ4n) is 2.53. The highest BCUT2D eigenvalue weighted by Crippen LogP contribution is 2.19. The van der Waals surface area contributed by atoms with Gasteiger partial charge in [0.15, 0.2) is 0 Å². The van der Waals surface area contributed by atoms with Gasteiger partial charge in [0, 0.05) is 46.4 Å². The molecule has 1 aliphatic rings. The number of amides is 2. The number of halogens is 2. The van der Waals surface area contributed by atoms with E-state index in [9.17, 15) is 9.59 Å². The lowest BCUT2D eigenvalue weighted by Gasteiger charge is -2.34. The van der Waals surface area contributed by atoms with Gasteiger partial charge < -0.3 is 15.0 Å². The lowest BCUT2D eigenvalue weighted by Crippen LogP contribution is -2.51. The van der Waals surface area contributed by atoms with E-state index in [-0.39, 0.29) is 27.7 Å². The molecule has 0 saturated carbocycles. The maximum absolute atomic E-state index is 12.5. The summed E-state index contributed by atoms with van der Waals surface area (Å²) in [5.41, 5.74) is 0.165. The topological polar surface area (TPSA) is 74.8 Å². The Morgan fingerprint density at radius 2 is 1.96 bits per heavy atom. The number of hydrogen-bond donors (Lipinski definition) is 1. The molecular formula is C16H22Cl2N4O3. The Morgan fingerprint density at radius 3 is 2.64 bits per heavy atom. The molecule has 1 aromatic rings. The minimum absolute atomic E-state index is 0.0181. The SMILES string of the molecule is COCCCNC(=O)CN1CCN(C(=O)c2nc(Cl)ccc2Cl)CC1. The molecule has 0 bridgehead atoms. The smallest absolute Gasteiger partial charge is 0.274 e. The largest absolute Gasteiger partial charge is 0.385 e. The van der Waals surface area contributed by atoms with Crippen LogP contribution in [0, 0.1) is 0 Å². The minimum atomic E-state index is -0.240. The number of carbonyl (C=O) groups is 2. The molecule has 0 radical (unpaired) electrons. The molecule has 0 aromatic carbocycles. The molecular weight excluding hydrogens is 367 g/mol. The summed E-state index contributed by atoms with van der Waals surface area (Å²) in [6, 6.07) is 3.11. The molecule has 0 unspecified atom stereocenters. The number of methoxy groups -OCH3 is 1. The molecule has 9 heteroatoms. The zero-order valence-electron chi connectivity index (χ0n) is 14.1. The van der Waals surface area contributed by atoms with Crippen LogP contribution in [0.4, 0.5) is 0 Å². The number of ether oxygens (including phenoxy) is 1. The van der Waals surface area contributed by atoms with E-state index in [1.54, 1.807) is 24.1 Å². The number of pyridine rings is 1. The molecule has 2 amide bonds. The van der Waals surface area contributed by atoms with Gasteiger partial charge in [-0.3, -0.25) is 14.5 Å². The second-order valence-corrected chi connectivity index (χ2v) is 6.52. The van der Waals surface area contributed by atoms with Gasteiger partial charge in [-0.1, -0.05) is 23.2 Å². The third-order valence-corrected chi connectivity index (χ3v) is 4.40. The van der Waals surface area contributed by atoms with Gasteiger partial charge in [-0.2, -0.15) is 0 Å². The van der Waals surface area contributed by atoms with Crippen LogP contribution in [0.25, 0.3) is 0 Å². The summed E-state index contributed by atoms with van der Waals surface area (Å²) in [5.74, 6) is -0.258. The van der Waals surface area contributed by atoms with E-state index in [0.717, 1.165) is 6.42 Å². The van der Waals surface area contributed by atoms with Crippen LogP contribution in [0.1, 0.15) is 16.9 Å². The summed E-state index contributed by atoms with van der Waals surface area (Å²) in [6.45, 7) is 3.82. The lowest BCUT2D eigenvalue weighted by atomic mass is 10.2. The Labute approximate surface area is 157 Å². The molecule has 1 N–H and O–H groups in total. The van der Waals surface area contributed by atoms with Gasteiger partial charge in [-0.25, -0.2) is 4.98 Å². The summed E-state index contributed by atoms with van der Waals surface area (Å²) in [7, 11) is 1.63. The van der Waals surface area contributed by atoms with Gasteiger partial charge in [-0.05, 0) is 18.6 Å². The fraction of sp³-hybridized carbons (Fsp3) is 0.562. The van der Waals surface area contributed by atoms with Crippen LogP contribution < -0.4 is 5.32 Å². The van der Waals surface area contributed by atoms with Crippen LogP contribution in [-0.2, 0) is 9.53 Å². The first-order valence-corrected chi connectivity index (χ1v) is 8.86. The van der Waals surface area contributed by atoms with Gasteiger partial charge >= 0.3 is 0 Å². The monoisotopic (exact) mass is 388 g/mol. The lowest BCUT2D eigenvalue weighted by molar-refractivity contribution is -0.122.